The molecule has 1 aliphatic rings. The number of aliphatic hydroxyl groups is 1. The molecule has 1 aromatic heterocycles. The summed E-state index contributed by atoms with van der Waals surface area (Å²) in [5.41, 5.74) is -0.940. The van der Waals surface area contributed by atoms with Gasteiger partial charge in [-0.3, -0.25) is 4.79 Å². The van der Waals surface area contributed by atoms with Gasteiger partial charge in [-0.05, 0) is 60.9 Å². The Labute approximate surface area is 138 Å². The topological polar surface area (TPSA) is 59.4 Å². The first kappa shape index (κ1) is 16.9. The Morgan fingerprint density at radius 1 is 1.62 bits per heavy atom. The van der Waals surface area contributed by atoms with Crippen molar-refractivity contribution in [2.45, 2.75) is 45.6 Å². The number of aromatic nitrogens is 1. The first-order valence-corrected chi connectivity index (χ1v) is 8.98. The Morgan fingerprint density at radius 3 is 2.86 bits per heavy atom. The SMILES string of the molecule is CCOC(=O)C1CCC(C(C)(O)c2ncc(Br)s2)CC1C. The van der Waals surface area contributed by atoms with Gasteiger partial charge in [0.2, 0.25) is 0 Å². The first-order valence-electron chi connectivity index (χ1n) is 7.37. The third-order valence-electron chi connectivity index (χ3n) is 4.46. The van der Waals surface area contributed by atoms with Crippen LogP contribution in [0.25, 0.3) is 0 Å². The van der Waals surface area contributed by atoms with Crippen LogP contribution < -0.4 is 0 Å². The van der Waals surface area contributed by atoms with Gasteiger partial charge in [-0.15, -0.1) is 11.3 Å². The summed E-state index contributed by atoms with van der Waals surface area (Å²) in [7, 11) is 0. The highest BCUT2D eigenvalue weighted by molar-refractivity contribution is 9.11. The van der Waals surface area contributed by atoms with Crippen LogP contribution in [0.15, 0.2) is 9.98 Å². The van der Waals surface area contributed by atoms with E-state index in [-0.39, 0.29) is 23.7 Å². The number of halogens is 1. The molecule has 118 valence electrons. The van der Waals surface area contributed by atoms with Gasteiger partial charge in [0, 0.05) is 0 Å². The second-order valence-electron chi connectivity index (χ2n) is 5.96. The first-order chi connectivity index (χ1) is 9.86. The van der Waals surface area contributed by atoms with Crippen LogP contribution in [-0.4, -0.2) is 22.7 Å². The minimum Gasteiger partial charge on any atom is -0.466 e. The minimum absolute atomic E-state index is 0.0416. The van der Waals surface area contributed by atoms with Crippen molar-refractivity contribution in [3.05, 3.63) is 15.0 Å². The summed E-state index contributed by atoms with van der Waals surface area (Å²) >= 11 is 4.86. The van der Waals surface area contributed by atoms with E-state index in [9.17, 15) is 9.90 Å². The molecule has 0 aromatic carbocycles. The second-order valence-corrected chi connectivity index (χ2v) is 8.37. The third-order valence-corrected chi connectivity index (χ3v) is 6.17. The van der Waals surface area contributed by atoms with Gasteiger partial charge in [-0.25, -0.2) is 4.98 Å². The highest BCUT2D eigenvalue weighted by atomic mass is 79.9. The lowest BCUT2D eigenvalue weighted by molar-refractivity contribution is -0.153. The third kappa shape index (κ3) is 3.66. The van der Waals surface area contributed by atoms with E-state index in [4.69, 9.17) is 4.74 Å². The molecule has 1 aromatic rings. The summed E-state index contributed by atoms with van der Waals surface area (Å²) in [5.74, 6) is 0.203. The van der Waals surface area contributed by atoms with Crippen LogP contribution in [0.2, 0.25) is 0 Å². The predicted octanol–water partition coefficient (Wildman–Crippen LogP) is 3.73. The second kappa shape index (κ2) is 6.75. The van der Waals surface area contributed by atoms with Gasteiger partial charge >= 0.3 is 5.97 Å². The molecule has 0 bridgehead atoms. The van der Waals surface area contributed by atoms with Crippen LogP contribution in [0.1, 0.15) is 45.0 Å². The lowest BCUT2D eigenvalue weighted by Crippen LogP contribution is -2.39. The Balaban J connectivity index is 2.06. The number of carbonyl (C=O) groups excluding carboxylic acids is 1. The van der Waals surface area contributed by atoms with Crippen molar-refractivity contribution in [2.75, 3.05) is 6.61 Å². The predicted molar refractivity (Wildman–Crippen MR) is 86.0 cm³/mol. The summed E-state index contributed by atoms with van der Waals surface area (Å²) in [5, 5.41) is 11.6. The van der Waals surface area contributed by atoms with Crippen molar-refractivity contribution in [3.63, 3.8) is 0 Å². The van der Waals surface area contributed by atoms with Crippen LogP contribution in [-0.2, 0) is 15.1 Å². The highest BCUT2D eigenvalue weighted by Gasteiger charge is 2.43. The van der Waals surface area contributed by atoms with Crippen LogP contribution >= 0.6 is 27.3 Å². The zero-order valence-corrected chi connectivity index (χ0v) is 15.0. The molecule has 0 saturated heterocycles. The quantitative estimate of drug-likeness (QED) is 0.814. The maximum atomic E-state index is 11.9. The maximum Gasteiger partial charge on any atom is 0.309 e. The van der Waals surface area contributed by atoms with Gasteiger partial charge in [0.1, 0.15) is 10.6 Å². The molecule has 21 heavy (non-hydrogen) atoms. The van der Waals surface area contributed by atoms with Crippen LogP contribution in [0.4, 0.5) is 0 Å². The molecule has 0 amide bonds. The molecule has 1 fully saturated rings. The largest absolute Gasteiger partial charge is 0.466 e. The number of rotatable bonds is 4. The molecule has 0 spiro atoms. The molecule has 0 radical (unpaired) electrons. The summed E-state index contributed by atoms with van der Waals surface area (Å²) in [6.45, 7) is 6.16. The van der Waals surface area contributed by atoms with Crippen LogP contribution in [0.3, 0.4) is 0 Å². The van der Waals surface area contributed by atoms with E-state index in [1.165, 1.54) is 11.3 Å². The average molecular weight is 376 g/mol. The average Bonchev–Trinajstić information content (AvgIpc) is 2.86. The molecule has 1 N–H and O–H groups in total. The molecular formula is C15H22BrNO3S. The van der Waals surface area contributed by atoms with Crippen LogP contribution in [0.5, 0.6) is 0 Å². The minimum atomic E-state index is -0.940. The molecule has 0 aliphatic heterocycles. The molecule has 6 heteroatoms. The van der Waals surface area contributed by atoms with E-state index >= 15 is 0 Å². The number of carbonyl (C=O) groups is 1. The maximum absolute atomic E-state index is 11.9. The standard InChI is InChI=1S/C15H22BrNO3S/c1-4-20-13(18)11-6-5-10(7-9(11)2)15(3,19)14-17-8-12(16)21-14/h8-11,19H,4-7H2,1-3H3. The molecule has 1 heterocycles. The van der Waals surface area contributed by atoms with Gasteiger partial charge in [0.05, 0.1) is 22.5 Å². The number of hydrogen-bond donors (Lipinski definition) is 1. The summed E-state index contributed by atoms with van der Waals surface area (Å²) < 4.78 is 6.06. The van der Waals surface area contributed by atoms with Crippen molar-refractivity contribution >= 4 is 33.2 Å². The fourth-order valence-corrected chi connectivity index (χ4v) is 4.50. The van der Waals surface area contributed by atoms with E-state index in [0.717, 1.165) is 28.1 Å². The normalized spacial score (nSPS) is 28.9. The molecule has 1 aliphatic carbocycles. The molecular weight excluding hydrogens is 354 g/mol. The summed E-state index contributed by atoms with van der Waals surface area (Å²) in [6, 6.07) is 0. The molecule has 1 saturated carbocycles. The molecule has 4 unspecified atom stereocenters. The lowest BCUT2D eigenvalue weighted by Gasteiger charge is -2.39. The van der Waals surface area contributed by atoms with E-state index < -0.39 is 5.60 Å². The molecule has 4 nitrogen and oxygen atoms in total. The van der Waals surface area contributed by atoms with Gasteiger partial charge < -0.3 is 9.84 Å². The molecule has 2 rings (SSSR count). The van der Waals surface area contributed by atoms with Crippen molar-refractivity contribution in [3.8, 4) is 0 Å². The number of thiazole rings is 1. The Kier molecular flexibility index (Phi) is 5.43. The number of hydrogen-bond acceptors (Lipinski definition) is 5. The number of nitrogens with zero attached hydrogens (tertiary/aromatic N) is 1. The van der Waals surface area contributed by atoms with E-state index in [1.54, 1.807) is 6.20 Å². The molecule has 4 atom stereocenters. The van der Waals surface area contributed by atoms with E-state index in [1.807, 2.05) is 13.8 Å². The monoisotopic (exact) mass is 375 g/mol. The Morgan fingerprint density at radius 2 is 2.33 bits per heavy atom. The Bertz CT molecular complexity index is 503. The fourth-order valence-electron chi connectivity index (χ4n) is 3.17. The van der Waals surface area contributed by atoms with Crippen molar-refractivity contribution < 1.29 is 14.6 Å². The zero-order valence-electron chi connectivity index (χ0n) is 12.6. The number of ether oxygens (including phenoxy) is 1. The zero-order chi connectivity index (χ0) is 15.6. The van der Waals surface area contributed by atoms with Gasteiger partial charge in [-0.2, -0.15) is 0 Å². The number of esters is 1. The highest BCUT2D eigenvalue weighted by Crippen LogP contribution is 2.44. The van der Waals surface area contributed by atoms with Gasteiger partial charge in [-0.1, -0.05) is 6.92 Å². The van der Waals surface area contributed by atoms with Crippen LogP contribution in [0, 0.1) is 17.8 Å². The van der Waals surface area contributed by atoms with Crippen molar-refractivity contribution in [2.24, 2.45) is 17.8 Å². The Hall–Kier alpha value is -0.460. The van der Waals surface area contributed by atoms with Gasteiger partial charge in [0.15, 0.2) is 0 Å². The smallest absolute Gasteiger partial charge is 0.309 e. The van der Waals surface area contributed by atoms with E-state index in [2.05, 4.69) is 27.8 Å². The fraction of sp³-hybridized carbons (Fsp3) is 0.733. The van der Waals surface area contributed by atoms with Gasteiger partial charge in [0.25, 0.3) is 0 Å². The van der Waals surface area contributed by atoms with Crippen molar-refractivity contribution in [1.82, 2.24) is 4.98 Å². The summed E-state index contributed by atoms with van der Waals surface area (Å²) in [6.07, 6.45) is 4.13. The lowest BCUT2D eigenvalue weighted by atomic mass is 9.69. The van der Waals surface area contributed by atoms with Crippen molar-refractivity contribution in [1.29, 1.82) is 0 Å². The van der Waals surface area contributed by atoms with E-state index in [0.29, 0.717) is 6.61 Å². The summed E-state index contributed by atoms with van der Waals surface area (Å²) in [4.78, 5) is 16.2.